The van der Waals surface area contributed by atoms with Crippen LogP contribution in [-0.2, 0) is 0 Å². The zero-order valence-electron chi connectivity index (χ0n) is 11.0. The van der Waals surface area contributed by atoms with Crippen molar-refractivity contribution < 1.29 is 4.79 Å². The zero-order chi connectivity index (χ0) is 13.3. The smallest absolute Gasteiger partial charge is 0.253 e. The highest BCUT2D eigenvalue weighted by atomic mass is 16.1. The molecule has 1 aromatic heterocycles. The van der Waals surface area contributed by atoms with E-state index in [1.807, 2.05) is 12.1 Å². The van der Waals surface area contributed by atoms with Crippen molar-refractivity contribution in [2.45, 2.75) is 20.8 Å². The fraction of sp³-hybridized carbons (Fsp3) is 0.357. The third kappa shape index (κ3) is 2.64. The minimum absolute atomic E-state index is 0.0547. The van der Waals surface area contributed by atoms with Gasteiger partial charge in [-0.05, 0) is 23.6 Å². The topological polar surface area (TPSA) is 70.9 Å². The first-order valence-electron chi connectivity index (χ1n) is 6.02. The summed E-state index contributed by atoms with van der Waals surface area (Å²) in [5.41, 5.74) is 8.01. The lowest BCUT2D eigenvalue weighted by atomic mass is 9.97. The number of hydrogen-bond donors (Lipinski definition) is 3. The van der Waals surface area contributed by atoms with E-state index in [-0.39, 0.29) is 11.3 Å². The van der Waals surface area contributed by atoms with Crippen molar-refractivity contribution in [1.29, 1.82) is 0 Å². The van der Waals surface area contributed by atoms with Crippen LogP contribution in [0.15, 0.2) is 24.4 Å². The molecule has 2 rings (SSSR count). The fourth-order valence-corrected chi connectivity index (χ4v) is 1.77. The van der Waals surface area contributed by atoms with E-state index in [4.69, 9.17) is 5.73 Å². The van der Waals surface area contributed by atoms with Crippen LogP contribution in [0.5, 0.6) is 0 Å². The van der Waals surface area contributed by atoms with E-state index in [1.54, 1.807) is 12.3 Å². The predicted octanol–water partition coefficient (Wildman–Crippen LogP) is 2.53. The number of H-pyrrole nitrogens is 1. The first-order valence-corrected chi connectivity index (χ1v) is 6.02. The number of carbonyl (C=O) groups excluding carboxylic acids is 1. The van der Waals surface area contributed by atoms with E-state index in [9.17, 15) is 4.79 Å². The van der Waals surface area contributed by atoms with Crippen molar-refractivity contribution in [1.82, 2.24) is 10.3 Å². The molecule has 4 nitrogen and oxygen atoms in total. The van der Waals surface area contributed by atoms with Crippen LogP contribution in [0.25, 0.3) is 10.9 Å². The Labute approximate surface area is 107 Å². The third-order valence-electron chi connectivity index (χ3n) is 2.73. The van der Waals surface area contributed by atoms with Crippen molar-refractivity contribution in [3.63, 3.8) is 0 Å². The highest BCUT2D eigenvalue weighted by molar-refractivity contribution is 6.07. The molecule has 0 aliphatic rings. The number of aromatic amines is 1. The van der Waals surface area contributed by atoms with Crippen molar-refractivity contribution in [2.75, 3.05) is 12.3 Å². The van der Waals surface area contributed by atoms with E-state index in [0.717, 1.165) is 10.9 Å². The Kier molecular flexibility index (Phi) is 3.03. The van der Waals surface area contributed by atoms with Crippen molar-refractivity contribution in [2.24, 2.45) is 5.41 Å². The summed E-state index contributed by atoms with van der Waals surface area (Å²) < 4.78 is 0. The number of nitrogen functional groups attached to an aromatic ring is 1. The van der Waals surface area contributed by atoms with Crippen LogP contribution in [0.3, 0.4) is 0 Å². The lowest BCUT2D eigenvalue weighted by Crippen LogP contribution is -2.32. The molecule has 0 spiro atoms. The van der Waals surface area contributed by atoms with Gasteiger partial charge in [-0.3, -0.25) is 4.79 Å². The Balaban J connectivity index is 2.23. The van der Waals surface area contributed by atoms with Crippen LogP contribution in [0.1, 0.15) is 31.1 Å². The predicted molar refractivity (Wildman–Crippen MR) is 74.5 cm³/mol. The van der Waals surface area contributed by atoms with Gasteiger partial charge in [-0.2, -0.15) is 0 Å². The van der Waals surface area contributed by atoms with E-state index >= 15 is 0 Å². The van der Waals surface area contributed by atoms with E-state index < -0.39 is 0 Å². The van der Waals surface area contributed by atoms with Crippen molar-refractivity contribution >= 4 is 22.5 Å². The molecule has 0 bridgehead atoms. The number of benzene rings is 1. The van der Waals surface area contributed by atoms with Crippen LogP contribution >= 0.6 is 0 Å². The van der Waals surface area contributed by atoms with E-state index in [0.29, 0.717) is 17.8 Å². The Hall–Kier alpha value is -1.97. The summed E-state index contributed by atoms with van der Waals surface area (Å²) in [6, 6.07) is 5.50. The molecule has 0 fully saturated rings. The molecule has 1 aromatic carbocycles. The molecule has 0 atom stereocenters. The van der Waals surface area contributed by atoms with Gasteiger partial charge in [0.15, 0.2) is 0 Å². The quantitative estimate of drug-likeness (QED) is 0.711. The molecule has 0 radical (unpaired) electrons. The van der Waals surface area contributed by atoms with Crippen LogP contribution in [0.2, 0.25) is 0 Å². The lowest BCUT2D eigenvalue weighted by molar-refractivity contribution is 0.0941. The molecular formula is C14H19N3O. The Morgan fingerprint density at radius 1 is 1.39 bits per heavy atom. The minimum atomic E-state index is -0.0547. The second kappa shape index (κ2) is 4.37. The lowest BCUT2D eigenvalue weighted by Gasteiger charge is -2.18. The van der Waals surface area contributed by atoms with Gasteiger partial charge in [-0.1, -0.05) is 20.8 Å². The molecule has 1 heterocycles. The summed E-state index contributed by atoms with van der Waals surface area (Å²) in [6.07, 6.45) is 1.72. The molecule has 96 valence electrons. The van der Waals surface area contributed by atoms with Gasteiger partial charge in [-0.15, -0.1) is 0 Å². The van der Waals surface area contributed by atoms with Gasteiger partial charge in [-0.25, -0.2) is 0 Å². The van der Waals surface area contributed by atoms with Crippen LogP contribution < -0.4 is 11.1 Å². The largest absolute Gasteiger partial charge is 0.399 e. The molecule has 4 N–H and O–H groups in total. The average Bonchev–Trinajstić information content (AvgIpc) is 2.67. The Bertz CT molecular complexity index is 578. The van der Waals surface area contributed by atoms with Gasteiger partial charge < -0.3 is 16.0 Å². The number of nitrogens with two attached hydrogens (primary N) is 1. The monoisotopic (exact) mass is 245 g/mol. The third-order valence-corrected chi connectivity index (χ3v) is 2.73. The van der Waals surface area contributed by atoms with Crippen LogP contribution in [0.4, 0.5) is 5.69 Å². The van der Waals surface area contributed by atoms with Gasteiger partial charge in [0.1, 0.15) is 0 Å². The molecule has 0 aliphatic heterocycles. The molecule has 18 heavy (non-hydrogen) atoms. The number of hydrogen-bond acceptors (Lipinski definition) is 2. The van der Waals surface area contributed by atoms with Gasteiger partial charge in [0.25, 0.3) is 5.91 Å². The second-order valence-corrected chi connectivity index (χ2v) is 5.75. The maximum atomic E-state index is 12.1. The first-order chi connectivity index (χ1) is 8.37. The average molecular weight is 245 g/mol. The maximum Gasteiger partial charge on any atom is 0.253 e. The minimum Gasteiger partial charge on any atom is -0.399 e. The van der Waals surface area contributed by atoms with Crippen LogP contribution in [-0.4, -0.2) is 17.4 Å². The molecule has 0 saturated carbocycles. The number of aromatic nitrogens is 1. The second-order valence-electron chi connectivity index (χ2n) is 5.75. The summed E-state index contributed by atoms with van der Waals surface area (Å²) in [5.74, 6) is -0.0547. The number of carbonyl (C=O) groups is 1. The van der Waals surface area contributed by atoms with Crippen LogP contribution in [0, 0.1) is 5.41 Å². The number of anilines is 1. The number of fused-ring (bicyclic) bond motifs is 1. The normalized spacial score (nSPS) is 11.7. The molecule has 0 aliphatic carbocycles. The molecule has 4 heteroatoms. The van der Waals surface area contributed by atoms with E-state index in [1.165, 1.54) is 0 Å². The summed E-state index contributed by atoms with van der Waals surface area (Å²) in [6.45, 7) is 6.91. The SMILES string of the molecule is CC(C)(C)CNC(=O)c1c[nH]c2cc(N)ccc12. The fourth-order valence-electron chi connectivity index (χ4n) is 1.77. The summed E-state index contributed by atoms with van der Waals surface area (Å²) in [7, 11) is 0. The Morgan fingerprint density at radius 3 is 2.78 bits per heavy atom. The molecular weight excluding hydrogens is 226 g/mol. The van der Waals surface area contributed by atoms with Crippen molar-refractivity contribution in [3.8, 4) is 0 Å². The highest BCUT2D eigenvalue weighted by Crippen LogP contribution is 2.21. The van der Waals surface area contributed by atoms with Gasteiger partial charge in [0.05, 0.1) is 5.56 Å². The number of rotatable bonds is 2. The standard InChI is InChI=1S/C14H19N3O/c1-14(2,3)8-17-13(18)11-7-16-12-6-9(15)4-5-10(11)12/h4-7,16H,8,15H2,1-3H3,(H,17,18). The van der Waals surface area contributed by atoms with Gasteiger partial charge in [0.2, 0.25) is 0 Å². The summed E-state index contributed by atoms with van der Waals surface area (Å²) in [4.78, 5) is 15.2. The summed E-state index contributed by atoms with van der Waals surface area (Å²) >= 11 is 0. The highest BCUT2D eigenvalue weighted by Gasteiger charge is 2.15. The zero-order valence-corrected chi connectivity index (χ0v) is 11.0. The molecule has 1 amide bonds. The van der Waals surface area contributed by atoms with Crippen molar-refractivity contribution in [3.05, 3.63) is 30.0 Å². The molecule has 0 saturated heterocycles. The van der Waals surface area contributed by atoms with Gasteiger partial charge >= 0.3 is 0 Å². The first kappa shape index (κ1) is 12.5. The number of amides is 1. The van der Waals surface area contributed by atoms with E-state index in [2.05, 4.69) is 31.1 Å². The number of nitrogens with one attached hydrogen (secondary N) is 2. The maximum absolute atomic E-state index is 12.1. The molecule has 0 unspecified atom stereocenters. The molecule has 2 aromatic rings. The Morgan fingerprint density at radius 2 is 2.11 bits per heavy atom. The summed E-state index contributed by atoms with van der Waals surface area (Å²) in [5, 5.41) is 3.84. The van der Waals surface area contributed by atoms with Gasteiger partial charge in [0, 0.05) is 29.3 Å².